The van der Waals surface area contributed by atoms with Crippen LogP contribution in [0.2, 0.25) is 0 Å². The molecule has 2 N–H and O–H groups in total. The van der Waals surface area contributed by atoms with Gasteiger partial charge in [-0.1, -0.05) is 13.8 Å². The van der Waals surface area contributed by atoms with Crippen LogP contribution in [0.5, 0.6) is 11.8 Å². The quantitative estimate of drug-likeness (QED) is 0.897. The topological polar surface area (TPSA) is 78.9 Å². The van der Waals surface area contributed by atoms with E-state index in [4.69, 9.17) is 10.5 Å². The smallest absolute Gasteiger partial charge is 0.229 e. The number of aryl methyl sites for hydroxylation is 2. The van der Waals surface area contributed by atoms with Crippen molar-refractivity contribution in [2.24, 2.45) is 7.05 Å². The van der Waals surface area contributed by atoms with E-state index in [1.807, 2.05) is 33.9 Å². The van der Waals surface area contributed by atoms with Gasteiger partial charge in [-0.3, -0.25) is 0 Å². The Balaban J connectivity index is 2.40. The SMILES string of the molecule is Cc1cc(Oc2ncnc(N)c2C(C)C)n(C)n1. The lowest BCUT2D eigenvalue weighted by molar-refractivity contribution is 0.407. The van der Waals surface area contributed by atoms with E-state index in [2.05, 4.69) is 15.1 Å². The number of rotatable bonds is 3. The van der Waals surface area contributed by atoms with Crippen LogP contribution >= 0.6 is 0 Å². The predicted octanol–water partition coefficient (Wildman–Crippen LogP) is 2.02. The second-order valence-corrected chi connectivity index (χ2v) is 4.48. The highest BCUT2D eigenvalue weighted by molar-refractivity contribution is 5.47. The van der Waals surface area contributed by atoms with Gasteiger partial charge in [-0.15, -0.1) is 0 Å². The molecule has 6 heteroatoms. The zero-order valence-electron chi connectivity index (χ0n) is 11.0. The van der Waals surface area contributed by atoms with Crippen LogP contribution in [-0.2, 0) is 7.05 Å². The first-order valence-corrected chi connectivity index (χ1v) is 5.78. The molecule has 2 aromatic heterocycles. The van der Waals surface area contributed by atoms with Crippen LogP contribution in [0, 0.1) is 6.92 Å². The van der Waals surface area contributed by atoms with Gasteiger partial charge >= 0.3 is 0 Å². The minimum absolute atomic E-state index is 0.190. The van der Waals surface area contributed by atoms with Crippen molar-refractivity contribution in [3.05, 3.63) is 23.7 Å². The van der Waals surface area contributed by atoms with Crippen molar-refractivity contribution in [1.82, 2.24) is 19.7 Å². The first kappa shape index (κ1) is 12.3. The molecule has 0 atom stereocenters. The Hall–Kier alpha value is -2.11. The van der Waals surface area contributed by atoms with Crippen molar-refractivity contribution in [1.29, 1.82) is 0 Å². The van der Waals surface area contributed by atoms with Crippen molar-refractivity contribution in [2.45, 2.75) is 26.7 Å². The fourth-order valence-electron chi connectivity index (χ4n) is 1.80. The normalized spacial score (nSPS) is 10.9. The third kappa shape index (κ3) is 2.27. The van der Waals surface area contributed by atoms with Crippen LogP contribution < -0.4 is 10.5 Å². The van der Waals surface area contributed by atoms with E-state index in [1.54, 1.807) is 4.68 Å². The van der Waals surface area contributed by atoms with E-state index in [0.717, 1.165) is 11.3 Å². The molecule has 0 unspecified atom stereocenters. The van der Waals surface area contributed by atoms with Crippen LogP contribution in [0.15, 0.2) is 12.4 Å². The van der Waals surface area contributed by atoms with Crippen LogP contribution in [0.25, 0.3) is 0 Å². The summed E-state index contributed by atoms with van der Waals surface area (Å²) in [7, 11) is 1.82. The zero-order chi connectivity index (χ0) is 13.3. The van der Waals surface area contributed by atoms with Gasteiger partial charge in [-0.05, 0) is 12.8 Å². The Labute approximate surface area is 106 Å². The molecule has 2 heterocycles. The monoisotopic (exact) mass is 247 g/mol. The summed E-state index contributed by atoms with van der Waals surface area (Å²) < 4.78 is 7.44. The van der Waals surface area contributed by atoms with Gasteiger partial charge in [-0.25, -0.2) is 14.6 Å². The third-order valence-electron chi connectivity index (χ3n) is 2.62. The molecule has 0 aliphatic rings. The third-order valence-corrected chi connectivity index (χ3v) is 2.62. The molecule has 18 heavy (non-hydrogen) atoms. The van der Waals surface area contributed by atoms with Gasteiger partial charge in [0.25, 0.3) is 0 Å². The summed E-state index contributed by atoms with van der Waals surface area (Å²) in [5, 5.41) is 4.22. The number of hydrogen-bond donors (Lipinski definition) is 1. The van der Waals surface area contributed by atoms with Gasteiger partial charge in [-0.2, -0.15) is 5.10 Å². The molecule has 2 aromatic rings. The number of nitrogens with zero attached hydrogens (tertiary/aromatic N) is 4. The number of ether oxygens (including phenoxy) is 1. The number of hydrogen-bond acceptors (Lipinski definition) is 5. The molecule has 0 fully saturated rings. The Morgan fingerprint density at radius 1 is 1.33 bits per heavy atom. The molecule has 0 radical (unpaired) electrons. The van der Waals surface area contributed by atoms with Crippen LogP contribution in [0.1, 0.15) is 31.0 Å². The van der Waals surface area contributed by atoms with Crippen molar-refractivity contribution >= 4 is 5.82 Å². The second kappa shape index (κ2) is 4.64. The standard InChI is InChI=1S/C12H17N5O/c1-7(2)10-11(13)14-6-15-12(10)18-9-5-8(3)16-17(9)4/h5-7H,1-4H3,(H2,13,14,15). The highest BCUT2D eigenvalue weighted by atomic mass is 16.5. The van der Waals surface area contributed by atoms with Crippen LogP contribution in [0.4, 0.5) is 5.82 Å². The number of anilines is 1. The first-order chi connectivity index (χ1) is 8.49. The molecule has 96 valence electrons. The highest BCUT2D eigenvalue weighted by Gasteiger charge is 2.16. The van der Waals surface area contributed by atoms with Gasteiger partial charge in [0.1, 0.15) is 12.1 Å². The van der Waals surface area contributed by atoms with Crippen molar-refractivity contribution < 1.29 is 4.74 Å². The lowest BCUT2D eigenvalue weighted by Crippen LogP contribution is -2.05. The molecule has 6 nitrogen and oxygen atoms in total. The minimum atomic E-state index is 0.190. The summed E-state index contributed by atoms with van der Waals surface area (Å²) >= 11 is 0. The second-order valence-electron chi connectivity index (χ2n) is 4.48. The maximum absolute atomic E-state index is 5.87. The largest absolute Gasteiger partial charge is 0.420 e. The maximum Gasteiger partial charge on any atom is 0.229 e. The Bertz CT molecular complexity index is 562. The molecule has 2 rings (SSSR count). The summed E-state index contributed by atoms with van der Waals surface area (Å²) in [5.74, 6) is 1.76. The molecule has 0 saturated carbocycles. The van der Waals surface area contributed by atoms with Gasteiger partial charge in [0.05, 0.1) is 11.3 Å². The Kier molecular flexibility index (Phi) is 3.18. The van der Waals surface area contributed by atoms with E-state index in [0.29, 0.717) is 17.6 Å². The summed E-state index contributed by atoms with van der Waals surface area (Å²) in [6, 6.07) is 1.85. The fourth-order valence-corrected chi connectivity index (χ4v) is 1.80. The molecule has 0 saturated heterocycles. The first-order valence-electron chi connectivity index (χ1n) is 5.78. The number of nitrogen functional groups attached to an aromatic ring is 1. The molecule has 0 amide bonds. The average molecular weight is 247 g/mol. The van der Waals surface area contributed by atoms with Gasteiger partial charge in [0, 0.05) is 13.1 Å². The van der Waals surface area contributed by atoms with Crippen molar-refractivity contribution in [3.8, 4) is 11.8 Å². The van der Waals surface area contributed by atoms with Gasteiger partial charge in [0.2, 0.25) is 11.8 Å². The van der Waals surface area contributed by atoms with E-state index in [1.165, 1.54) is 6.33 Å². The fraction of sp³-hybridized carbons (Fsp3) is 0.417. The van der Waals surface area contributed by atoms with E-state index in [-0.39, 0.29) is 5.92 Å². The molecule has 0 aliphatic heterocycles. The molecular weight excluding hydrogens is 230 g/mol. The molecule has 0 bridgehead atoms. The predicted molar refractivity (Wildman–Crippen MR) is 68.6 cm³/mol. The van der Waals surface area contributed by atoms with E-state index >= 15 is 0 Å². The average Bonchev–Trinajstić information content (AvgIpc) is 2.57. The highest BCUT2D eigenvalue weighted by Crippen LogP contribution is 2.31. The van der Waals surface area contributed by atoms with E-state index in [9.17, 15) is 0 Å². The Morgan fingerprint density at radius 2 is 2.06 bits per heavy atom. The molecule has 0 spiro atoms. The zero-order valence-corrected chi connectivity index (χ0v) is 11.0. The summed E-state index contributed by atoms with van der Waals surface area (Å²) in [4.78, 5) is 8.15. The minimum Gasteiger partial charge on any atom is -0.420 e. The molecular formula is C12H17N5O. The van der Waals surface area contributed by atoms with E-state index < -0.39 is 0 Å². The van der Waals surface area contributed by atoms with Gasteiger partial charge < -0.3 is 10.5 Å². The lowest BCUT2D eigenvalue weighted by Gasteiger charge is -2.13. The Morgan fingerprint density at radius 3 is 2.61 bits per heavy atom. The van der Waals surface area contributed by atoms with Crippen molar-refractivity contribution in [2.75, 3.05) is 5.73 Å². The summed E-state index contributed by atoms with van der Waals surface area (Å²) in [6.45, 7) is 5.96. The molecule has 0 aromatic carbocycles. The van der Waals surface area contributed by atoms with Crippen LogP contribution in [-0.4, -0.2) is 19.7 Å². The number of nitrogens with two attached hydrogens (primary N) is 1. The number of aromatic nitrogens is 4. The van der Waals surface area contributed by atoms with Gasteiger partial charge in [0.15, 0.2) is 0 Å². The lowest BCUT2D eigenvalue weighted by atomic mass is 10.1. The summed E-state index contributed by atoms with van der Waals surface area (Å²) in [5.41, 5.74) is 7.57. The summed E-state index contributed by atoms with van der Waals surface area (Å²) in [6.07, 6.45) is 1.40. The van der Waals surface area contributed by atoms with Crippen LogP contribution in [0.3, 0.4) is 0 Å². The maximum atomic E-state index is 5.87. The van der Waals surface area contributed by atoms with Crippen molar-refractivity contribution in [3.63, 3.8) is 0 Å². The molecule has 0 aliphatic carbocycles.